The first-order valence-electron chi connectivity index (χ1n) is 8.63. The molecule has 22 heavy (non-hydrogen) atoms. The van der Waals surface area contributed by atoms with Gasteiger partial charge in [-0.2, -0.15) is 0 Å². The molecule has 2 saturated carbocycles. The van der Waals surface area contributed by atoms with Crippen LogP contribution in [0.3, 0.4) is 0 Å². The zero-order valence-corrected chi connectivity index (χ0v) is 16.3. The Balaban J connectivity index is 2.31. The van der Waals surface area contributed by atoms with Gasteiger partial charge in [-0.25, -0.2) is 0 Å². The molecule has 4 atom stereocenters. The average molecular weight is 325 g/mol. The summed E-state index contributed by atoms with van der Waals surface area (Å²) in [6.45, 7) is 15.4. The van der Waals surface area contributed by atoms with E-state index in [0.29, 0.717) is 12.8 Å². The Hall–Kier alpha value is -0.483. The maximum Gasteiger partial charge on any atom is 0.192 e. The topological polar surface area (TPSA) is 43.4 Å². The summed E-state index contributed by atoms with van der Waals surface area (Å²) in [6.07, 6.45) is 2.90. The first-order valence-corrected chi connectivity index (χ1v) is 11.5. The summed E-state index contributed by atoms with van der Waals surface area (Å²) < 4.78 is 6.72. The van der Waals surface area contributed by atoms with Gasteiger partial charge in [0.15, 0.2) is 8.32 Å². The molecule has 0 amide bonds. The van der Waals surface area contributed by atoms with Gasteiger partial charge in [-0.3, -0.25) is 9.59 Å². The number of rotatable bonds is 2. The lowest BCUT2D eigenvalue weighted by Crippen LogP contribution is -2.58. The number of Topliss-reactive ketones (excluding diaryl/α,β-unsaturated/α-hetero) is 2. The van der Waals surface area contributed by atoms with Crippen molar-refractivity contribution in [2.75, 3.05) is 0 Å². The monoisotopic (exact) mass is 324 g/mol. The van der Waals surface area contributed by atoms with E-state index in [1.165, 1.54) is 0 Å². The van der Waals surface area contributed by atoms with Gasteiger partial charge < -0.3 is 4.43 Å². The first kappa shape index (κ1) is 17.9. The molecule has 0 aliphatic heterocycles. The van der Waals surface area contributed by atoms with E-state index in [0.717, 1.165) is 12.8 Å². The largest absolute Gasteiger partial charge is 0.413 e. The van der Waals surface area contributed by atoms with Crippen LogP contribution in [0.25, 0.3) is 0 Å². The first-order chi connectivity index (χ1) is 9.90. The van der Waals surface area contributed by atoms with Gasteiger partial charge in [0.2, 0.25) is 0 Å². The molecule has 0 bridgehead atoms. The van der Waals surface area contributed by atoms with E-state index in [2.05, 4.69) is 40.8 Å². The third-order valence-electron chi connectivity index (χ3n) is 6.61. The molecule has 2 aliphatic carbocycles. The maximum absolute atomic E-state index is 12.5. The molecule has 0 saturated heterocycles. The van der Waals surface area contributed by atoms with Crippen molar-refractivity contribution in [2.45, 2.75) is 84.5 Å². The lowest BCUT2D eigenvalue weighted by Gasteiger charge is -2.54. The quantitative estimate of drug-likeness (QED) is 0.709. The Kier molecular flexibility index (Phi) is 4.51. The predicted molar refractivity (Wildman–Crippen MR) is 91.3 cm³/mol. The summed E-state index contributed by atoms with van der Waals surface area (Å²) in [7, 11) is -1.87. The highest BCUT2D eigenvalue weighted by atomic mass is 28.4. The van der Waals surface area contributed by atoms with E-state index in [1.807, 2.05) is 6.92 Å². The third kappa shape index (κ3) is 2.84. The molecule has 0 aromatic heterocycles. The number of carbonyl (C=O) groups excluding carboxylic acids is 2. The molecule has 0 N–H and O–H groups in total. The number of ketones is 2. The van der Waals surface area contributed by atoms with Gasteiger partial charge in [-0.15, -0.1) is 0 Å². The fourth-order valence-corrected chi connectivity index (χ4v) is 5.48. The highest BCUT2D eigenvalue weighted by Crippen LogP contribution is 2.53. The minimum atomic E-state index is -1.87. The molecule has 3 nitrogen and oxygen atoms in total. The van der Waals surface area contributed by atoms with Crippen LogP contribution in [0, 0.1) is 17.3 Å². The molecule has 0 radical (unpaired) electrons. The minimum Gasteiger partial charge on any atom is -0.413 e. The zero-order valence-electron chi connectivity index (χ0n) is 15.3. The smallest absolute Gasteiger partial charge is 0.192 e. The average Bonchev–Trinajstić information content (AvgIpc) is 2.37. The van der Waals surface area contributed by atoms with Crippen LogP contribution < -0.4 is 0 Å². The summed E-state index contributed by atoms with van der Waals surface area (Å²) in [5, 5.41) is 0.163. The molecule has 2 rings (SSSR count). The third-order valence-corrected chi connectivity index (χ3v) is 11.1. The van der Waals surface area contributed by atoms with Crippen LogP contribution in [0.15, 0.2) is 0 Å². The van der Waals surface area contributed by atoms with Crippen LogP contribution in [-0.4, -0.2) is 26.0 Å². The van der Waals surface area contributed by atoms with Crippen LogP contribution >= 0.6 is 0 Å². The fraction of sp³-hybridized carbons (Fsp3) is 0.889. The van der Waals surface area contributed by atoms with Crippen molar-refractivity contribution in [1.82, 2.24) is 0 Å². The van der Waals surface area contributed by atoms with Crippen molar-refractivity contribution >= 4 is 19.9 Å². The molecular weight excluding hydrogens is 292 g/mol. The van der Waals surface area contributed by atoms with Crippen molar-refractivity contribution in [3.8, 4) is 0 Å². The summed E-state index contributed by atoms with van der Waals surface area (Å²) >= 11 is 0. The van der Waals surface area contributed by atoms with Gasteiger partial charge in [0, 0.05) is 30.1 Å². The Morgan fingerprint density at radius 2 is 1.73 bits per heavy atom. The molecule has 2 aliphatic rings. The summed E-state index contributed by atoms with van der Waals surface area (Å²) in [6, 6.07) is 0. The van der Waals surface area contributed by atoms with Crippen molar-refractivity contribution < 1.29 is 14.0 Å². The van der Waals surface area contributed by atoms with E-state index in [-0.39, 0.29) is 40.0 Å². The lowest BCUT2D eigenvalue weighted by molar-refractivity contribution is -0.154. The highest BCUT2D eigenvalue weighted by Gasteiger charge is 2.56. The molecule has 0 heterocycles. The van der Waals surface area contributed by atoms with Crippen molar-refractivity contribution in [2.24, 2.45) is 17.3 Å². The Morgan fingerprint density at radius 1 is 1.14 bits per heavy atom. The Morgan fingerprint density at radius 3 is 2.27 bits per heavy atom. The summed E-state index contributed by atoms with van der Waals surface area (Å²) in [4.78, 5) is 24.6. The fourth-order valence-electron chi connectivity index (χ4n) is 4.03. The van der Waals surface area contributed by atoms with Crippen molar-refractivity contribution in [3.05, 3.63) is 0 Å². The van der Waals surface area contributed by atoms with E-state index >= 15 is 0 Å². The molecule has 0 aromatic rings. The lowest BCUT2D eigenvalue weighted by atomic mass is 9.55. The Labute approximate surface area is 136 Å². The molecule has 2 unspecified atom stereocenters. The van der Waals surface area contributed by atoms with E-state index < -0.39 is 8.32 Å². The van der Waals surface area contributed by atoms with Gasteiger partial charge >= 0.3 is 0 Å². The molecule has 126 valence electrons. The van der Waals surface area contributed by atoms with Crippen LogP contribution in [0.2, 0.25) is 18.1 Å². The molecule has 0 aromatic carbocycles. The molecule has 4 heteroatoms. The molecular formula is C18H32O3Si. The van der Waals surface area contributed by atoms with E-state index in [9.17, 15) is 9.59 Å². The zero-order chi connectivity index (χ0) is 16.9. The number of carbonyl (C=O) groups is 2. The molecule has 0 spiro atoms. The van der Waals surface area contributed by atoms with Gasteiger partial charge in [0.05, 0.1) is 6.10 Å². The SMILES string of the molecule is CC1C(=O)CC[C@@]2(C)C1C(=O)CC[C@@H]2O[Si](C)(C)C(C)(C)C. The van der Waals surface area contributed by atoms with Gasteiger partial charge in [0.1, 0.15) is 11.6 Å². The number of hydrogen-bond acceptors (Lipinski definition) is 3. The number of fused-ring (bicyclic) bond motifs is 1. The van der Waals surface area contributed by atoms with Crippen LogP contribution in [0.5, 0.6) is 0 Å². The number of hydrogen-bond donors (Lipinski definition) is 0. The normalized spacial score (nSPS) is 37.1. The van der Waals surface area contributed by atoms with Crippen LogP contribution in [0.1, 0.15) is 60.3 Å². The standard InChI is InChI=1S/C18H32O3Si/c1-12-13(19)10-11-18(5)15(9-8-14(20)16(12)18)21-22(6,7)17(2,3)4/h12,15-16H,8-11H2,1-7H3/t12?,15-,16?,18+/m0/s1. The van der Waals surface area contributed by atoms with Gasteiger partial charge in [-0.05, 0) is 31.0 Å². The predicted octanol–water partition coefficient (Wildman–Crippen LogP) is 4.36. The highest BCUT2D eigenvalue weighted by molar-refractivity contribution is 6.74. The second-order valence-corrected chi connectivity index (χ2v) is 13.9. The summed E-state index contributed by atoms with van der Waals surface area (Å²) in [5.74, 6) is 0.247. The van der Waals surface area contributed by atoms with E-state index in [4.69, 9.17) is 4.43 Å². The van der Waals surface area contributed by atoms with Gasteiger partial charge in [0.25, 0.3) is 0 Å². The van der Waals surface area contributed by atoms with Crippen molar-refractivity contribution in [3.63, 3.8) is 0 Å². The summed E-state index contributed by atoms with van der Waals surface area (Å²) in [5.41, 5.74) is -0.168. The molecule has 2 fully saturated rings. The second-order valence-electron chi connectivity index (χ2n) is 9.11. The van der Waals surface area contributed by atoms with Crippen LogP contribution in [0.4, 0.5) is 0 Å². The van der Waals surface area contributed by atoms with Gasteiger partial charge in [-0.1, -0.05) is 34.6 Å². The Bertz CT molecular complexity index is 477. The second kappa shape index (κ2) is 5.55. The van der Waals surface area contributed by atoms with Crippen molar-refractivity contribution in [1.29, 1.82) is 0 Å². The van der Waals surface area contributed by atoms with E-state index in [1.54, 1.807) is 0 Å². The van der Waals surface area contributed by atoms with Crippen LogP contribution in [-0.2, 0) is 14.0 Å². The minimum absolute atomic E-state index is 0.117. The maximum atomic E-state index is 12.5.